The van der Waals surface area contributed by atoms with Crippen LogP contribution in [0, 0.1) is 0 Å². The molecular weight excluding hydrogens is 324 g/mol. The van der Waals surface area contributed by atoms with E-state index in [0.29, 0.717) is 5.02 Å². The third-order valence-corrected chi connectivity index (χ3v) is 3.87. The average molecular weight is 341 g/mol. The number of anilines is 1. The third-order valence-electron chi connectivity index (χ3n) is 3.62. The van der Waals surface area contributed by atoms with Crippen molar-refractivity contribution in [3.8, 4) is 0 Å². The molecule has 0 aliphatic rings. The Morgan fingerprint density at radius 2 is 1.96 bits per heavy atom. The molecule has 0 unspecified atom stereocenters. The van der Waals surface area contributed by atoms with E-state index in [2.05, 4.69) is 20.8 Å². The van der Waals surface area contributed by atoms with Crippen LogP contribution >= 0.6 is 11.6 Å². The van der Waals surface area contributed by atoms with Crippen molar-refractivity contribution in [2.24, 2.45) is 5.10 Å². The molecule has 122 valence electrons. The second kappa shape index (κ2) is 7.19. The Kier molecular flexibility index (Phi) is 4.82. The lowest BCUT2D eigenvalue weighted by molar-refractivity contribution is -0.121. The fraction of sp³-hybridized carbons (Fsp3) is 0.111. The van der Waals surface area contributed by atoms with E-state index in [9.17, 15) is 4.79 Å². The lowest BCUT2D eigenvalue weighted by Gasteiger charge is -2.13. The van der Waals surface area contributed by atoms with Gasteiger partial charge in [-0.05, 0) is 37.3 Å². The summed E-state index contributed by atoms with van der Waals surface area (Å²) < 4.78 is 0. The average Bonchev–Trinajstić information content (AvgIpc) is 3.00. The van der Waals surface area contributed by atoms with Crippen LogP contribution in [-0.2, 0) is 4.79 Å². The Morgan fingerprint density at radius 1 is 1.21 bits per heavy atom. The molecule has 3 aromatic rings. The van der Waals surface area contributed by atoms with Gasteiger partial charge < -0.3 is 10.3 Å². The van der Waals surface area contributed by atoms with Gasteiger partial charge >= 0.3 is 0 Å². The molecule has 1 heterocycles. The minimum atomic E-state index is -0.425. The van der Waals surface area contributed by atoms with Gasteiger partial charge in [0.1, 0.15) is 6.04 Å². The smallest absolute Gasteiger partial charge is 0.262 e. The molecule has 0 radical (unpaired) electrons. The molecule has 3 rings (SSSR count). The number of H-pyrrole nitrogens is 1. The van der Waals surface area contributed by atoms with Crippen LogP contribution in [0.25, 0.3) is 10.9 Å². The first-order valence-electron chi connectivity index (χ1n) is 7.54. The zero-order chi connectivity index (χ0) is 16.9. The number of amides is 1. The first-order valence-corrected chi connectivity index (χ1v) is 7.92. The maximum Gasteiger partial charge on any atom is 0.262 e. The molecule has 3 N–H and O–H groups in total. The van der Waals surface area contributed by atoms with Gasteiger partial charge in [0.2, 0.25) is 0 Å². The van der Waals surface area contributed by atoms with Crippen LogP contribution in [-0.4, -0.2) is 23.1 Å². The molecule has 1 aromatic heterocycles. The number of carbonyl (C=O) groups is 1. The molecule has 6 heteroatoms. The highest BCUT2D eigenvalue weighted by atomic mass is 35.5. The molecule has 0 aliphatic heterocycles. The number of hydrogen-bond acceptors (Lipinski definition) is 3. The van der Waals surface area contributed by atoms with E-state index in [0.717, 1.165) is 22.2 Å². The van der Waals surface area contributed by atoms with Crippen molar-refractivity contribution in [2.45, 2.75) is 13.0 Å². The summed E-state index contributed by atoms with van der Waals surface area (Å²) >= 11 is 5.84. The van der Waals surface area contributed by atoms with Gasteiger partial charge in [0.25, 0.3) is 5.91 Å². The van der Waals surface area contributed by atoms with E-state index in [4.69, 9.17) is 11.6 Å². The number of aromatic amines is 1. The molecule has 2 aromatic carbocycles. The molecule has 0 fully saturated rings. The maximum absolute atomic E-state index is 12.1. The lowest BCUT2D eigenvalue weighted by atomic mass is 10.2. The Bertz CT molecular complexity index is 870. The molecule has 0 saturated heterocycles. The zero-order valence-corrected chi connectivity index (χ0v) is 13.8. The van der Waals surface area contributed by atoms with Gasteiger partial charge in [-0.3, -0.25) is 4.79 Å². The van der Waals surface area contributed by atoms with Crippen LogP contribution in [0.4, 0.5) is 5.69 Å². The SMILES string of the molecule is C[C@H](Nc1ccc(Cl)cc1)C(=O)N/N=C\c1c[nH]c2ccccc12. The van der Waals surface area contributed by atoms with Crippen LogP contribution in [0.5, 0.6) is 0 Å². The van der Waals surface area contributed by atoms with Crippen LogP contribution in [0.3, 0.4) is 0 Å². The van der Waals surface area contributed by atoms with Crippen molar-refractivity contribution in [3.05, 3.63) is 65.3 Å². The Hall–Kier alpha value is -2.79. The highest BCUT2D eigenvalue weighted by Crippen LogP contribution is 2.16. The van der Waals surface area contributed by atoms with E-state index in [-0.39, 0.29) is 5.91 Å². The summed E-state index contributed by atoms with van der Waals surface area (Å²) in [6.07, 6.45) is 3.49. The van der Waals surface area contributed by atoms with Crippen LogP contribution in [0.2, 0.25) is 5.02 Å². The van der Waals surface area contributed by atoms with Crippen LogP contribution in [0.1, 0.15) is 12.5 Å². The van der Waals surface area contributed by atoms with E-state index >= 15 is 0 Å². The van der Waals surface area contributed by atoms with E-state index in [1.807, 2.05) is 42.6 Å². The fourth-order valence-corrected chi connectivity index (χ4v) is 2.45. The number of aromatic nitrogens is 1. The van der Waals surface area contributed by atoms with Crippen molar-refractivity contribution in [1.82, 2.24) is 10.4 Å². The minimum Gasteiger partial charge on any atom is -0.374 e. The molecule has 5 nitrogen and oxygen atoms in total. The van der Waals surface area contributed by atoms with Crippen molar-refractivity contribution >= 4 is 40.3 Å². The number of fused-ring (bicyclic) bond motifs is 1. The molecule has 0 spiro atoms. The van der Waals surface area contributed by atoms with Gasteiger partial charge in [-0.1, -0.05) is 29.8 Å². The lowest BCUT2D eigenvalue weighted by Crippen LogP contribution is -2.34. The fourth-order valence-electron chi connectivity index (χ4n) is 2.32. The highest BCUT2D eigenvalue weighted by Gasteiger charge is 2.11. The first kappa shape index (κ1) is 16.1. The summed E-state index contributed by atoms with van der Waals surface area (Å²) in [5.74, 6) is -0.221. The highest BCUT2D eigenvalue weighted by molar-refractivity contribution is 6.30. The maximum atomic E-state index is 12.1. The molecule has 0 bridgehead atoms. The summed E-state index contributed by atoms with van der Waals surface area (Å²) in [6, 6.07) is 14.7. The predicted octanol–water partition coefficient (Wildman–Crippen LogP) is 3.77. The number of halogens is 1. The van der Waals surface area contributed by atoms with Crippen LogP contribution in [0.15, 0.2) is 59.8 Å². The number of rotatable bonds is 5. The number of nitrogens with one attached hydrogen (secondary N) is 3. The predicted molar refractivity (Wildman–Crippen MR) is 98.6 cm³/mol. The van der Waals surface area contributed by atoms with E-state index in [1.54, 1.807) is 25.3 Å². The molecule has 1 amide bonds. The molecule has 24 heavy (non-hydrogen) atoms. The molecule has 0 saturated carbocycles. The van der Waals surface area contributed by atoms with Crippen molar-refractivity contribution < 1.29 is 4.79 Å². The number of hydrazone groups is 1. The summed E-state index contributed by atoms with van der Waals surface area (Å²) in [4.78, 5) is 15.2. The summed E-state index contributed by atoms with van der Waals surface area (Å²) in [5, 5.41) is 8.84. The first-order chi connectivity index (χ1) is 11.6. The third kappa shape index (κ3) is 3.75. The van der Waals surface area contributed by atoms with Crippen molar-refractivity contribution in [1.29, 1.82) is 0 Å². The monoisotopic (exact) mass is 340 g/mol. The molecule has 1 atom stereocenters. The van der Waals surface area contributed by atoms with E-state index < -0.39 is 6.04 Å². The largest absolute Gasteiger partial charge is 0.374 e. The molecular formula is C18H17ClN4O. The summed E-state index contributed by atoms with van der Waals surface area (Å²) in [5.41, 5.74) is 5.32. The number of para-hydroxylation sites is 1. The summed E-state index contributed by atoms with van der Waals surface area (Å²) in [6.45, 7) is 1.77. The van der Waals surface area contributed by atoms with Gasteiger partial charge in [-0.2, -0.15) is 5.10 Å². The van der Waals surface area contributed by atoms with Crippen molar-refractivity contribution in [3.63, 3.8) is 0 Å². The number of carbonyl (C=O) groups excluding carboxylic acids is 1. The van der Waals surface area contributed by atoms with Gasteiger partial charge in [-0.15, -0.1) is 0 Å². The number of nitrogens with zero attached hydrogens (tertiary/aromatic N) is 1. The second-order valence-corrected chi connectivity index (χ2v) is 5.83. The van der Waals surface area contributed by atoms with Gasteiger partial charge in [0.05, 0.1) is 6.21 Å². The van der Waals surface area contributed by atoms with E-state index in [1.165, 1.54) is 0 Å². The van der Waals surface area contributed by atoms with Gasteiger partial charge in [0, 0.05) is 33.4 Å². The second-order valence-electron chi connectivity index (χ2n) is 5.40. The minimum absolute atomic E-state index is 0.221. The van der Waals surface area contributed by atoms with Gasteiger partial charge in [0.15, 0.2) is 0 Å². The zero-order valence-electron chi connectivity index (χ0n) is 13.1. The number of benzene rings is 2. The Labute approximate surface area is 144 Å². The normalized spacial score (nSPS) is 12.4. The topological polar surface area (TPSA) is 69.3 Å². The standard InChI is InChI=1S/C18H17ClN4O/c1-12(22-15-8-6-14(19)7-9-15)18(24)23-21-11-13-10-20-17-5-3-2-4-16(13)17/h2-12,20,22H,1H3,(H,23,24)/b21-11-/t12-/m0/s1. The summed E-state index contributed by atoms with van der Waals surface area (Å²) in [7, 11) is 0. The van der Waals surface area contributed by atoms with Crippen molar-refractivity contribution in [2.75, 3.05) is 5.32 Å². The molecule has 0 aliphatic carbocycles. The Morgan fingerprint density at radius 3 is 2.75 bits per heavy atom. The quantitative estimate of drug-likeness (QED) is 0.489. The van der Waals surface area contributed by atoms with Gasteiger partial charge in [-0.25, -0.2) is 5.43 Å². The van der Waals surface area contributed by atoms with Crippen LogP contribution < -0.4 is 10.7 Å². The number of hydrogen-bond donors (Lipinski definition) is 3. The Balaban J connectivity index is 1.59.